The Bertz CT molecular complexity index is 641. The van der Waals surface area contributed by atoms with Crippen LogP contribution < -0.4 is 10.5 Å². The van der Waals surface area contributed by atoms with Crippen LogP contribution in [-0.4, -0.2) is 9.97 Å². The highest BCUT2D eigenvalue weighted by Gasteiger charge is 2.14. The Balaban J connectivity index is 2.44. The maximum absolute atomic E-state index is 13.3. The number of aromatic nitrogens is 2. The number of benzene rings is 1. The van der Waals surface area contributed by atoms with Crippen LogP contribution in [0.3, 0.4) is 0 Å². The van der Waals surface area contributed by atoms with Crippen LogP contribution in [0.25, 0.3) is 0 Å². The average Bonchev–Trinajstić information content (AvgIpc) is 2.35. The second kappa shape index (κ2) is 4.85. The molecule has 7 heteroatoms. The van der Waals surface area contributed by atoms with Gasteiger partial charge < -0.3 is 10.5 Å². The summed E-state index contributed by atoms with van der Waals surface area (Å²) in [5, 5.41) is 8.85. The highest BCUT2D eigenvalue weighted by Crippen LogP contribution is 2.31. The number of ether oxygens (including phenoxy) is 1. The lowest BCUT2D eigenvalue weighted by Crippen LogP contribution is -1.98. The average molecular weight is 265 g/mol. The van der Waals surface area contributed by atoms with Crippen molar-refractivity contribution in [2.24, 2.45) is 0 Å². The monoisotopic (exact) mass is 264 g/mol. The van der Waals surface area contributed by atoms with Gasteiger partial charge in [0.25, 0.3) is 0 Å². The number of hydrogen-bond acceptors (Lipinski definition) is 5. The Labute approximate surface area is 107 Å². The molecule has 0 amide bonds. The van der Waals surface area contributed by atoms with E-state index in [1.807, 2.05) is 0 Å². The van der Waals surface area contributed by atoms with Crippen molar-refractivity contribution in [3.05, 3.63) is 40.9 Å². The minimum Gasteiger partial charge on any atom is -0.436 e. The summed E-state index contributed by atoms with van der Waals surface area (Å²) in [7, 11) is 0. The van der Waals surface area contributed by atoms with Crippen LogP contribution in [0.1, 0.15) is 5.56 Å². The van der Waals surface area contributed by atoms with Gasteiger partial charge in [0, 0.05) is 0 Å². The van der Waals surface area contributed by atoms with Gasteiger partial charge in [0.15, 0.2) is 0 Å². The lowest BCUT2D eigenvalue weighted by atomic mass is 10.2. The Kier molecular flexibility index (Phi) is 3.26. The number of nitrogens with zero attached hydrogens (tertiary/aromatic N) is 3. The predicted molar refractivity (Wildman–Crippen MR) is 62.6 cm³/mol. The van der Waals surface area contributed by atoms with Gasteiger partial charge in [-0.1, -0.05) is 17.7 Å². The number of anilines is 1. The molecule has 1 heterocycles. The van der Waals surface area contributed by atoms with E-state index in [9.17, 15) is 4.39 Å². The summed E-state index contributed by atoms with van der Waals surface area (Å²) < 4.78 is 18.6. The molecule has 0 aliphatic heterocycles. The summed E-state index contributed by atoms with van der Waals surface area (Å²) in [4.78, 5) is 7.42. The largest absolute Gasteiger partial charge is 0.436 e. The molecule has 0 aliphatic rings. The molecule has 0 aliphatic carbocycles. The van der Waals surface area contributed by atoms with Crippen molar-refractivity contribution >= 4 is 17.4 Å². The summed E-state index contributed by atoms with van der Waals surface area (Å²) in [6, 6.07) is 5.69. The van der Waals surface area contributed by atoms with Gasteiger partial charge in [0.2, 0.25) is 5.88 Å². The molecule has 2 aromatic rings. The summed E-state index contributed by atoms with van der Waals surface area (Å²) in [5.41, 5.74) is 5.24. The minimum absolute atomic E-state index is 0.00523. The van der Waals surface area contributed by atoms with E-state index in [-0.39, 0.29) is 28.0 Å². The Morgan fingerprint density at radius 3 is 2.89 bits per heavy atom. The predicted octanol–water partition coefficient (Wildman–Crippen LogP) is 2.52. The first-order valence-electron chi connectivity index (χ1n) is 4.76. The van der Waals surface area contributed by atoms with Gasteiger partial charge in [-0.3, -0.25) is 0 Å². The maximum atomic E-state index is 13.3. The maximum Gasteiger partial charge on any atom is 0.243 e. The van der Waals surface area contributed by atoms with Gasteiger partial charge in [-0.25, -0.2) is 9.37 Å². The smallest absolute Gasteiger partial charge is 0.243 e. The zero-order chi connectivity index (χ0) is 13.1. The third-order valence-corrected chi connectivity index (χ3v) is 2.43. The first-order valence-corrected chi connectivity index (χ1v) is 5.13. The Hall–Kier alpha value is -2.39. The number of hydrogen-bond donors (Lipinski definition) is 1. The van der Waals surface area contributed by atoms with E-state index < -0.39 is 5.82 Å². The summed E-state index contributed by atoms with van der Waals surface area (Å²) in [6.07, 6.45) is 1.15. The molecule has 2 N–H and O–H groups in total. The third kappa shape index (κ3) is 2.17. The second-order valence-electron chi connectivity index (χ2n) is 3.20. The highest BCUT2D eigenvalue weighted by atomic mass is 35.5. The van der Waals surface area contributed by atoms with E-state index in [1.165, 1.54) is 12.1 Å². The van der Waals surface area contributed by atoms with Crippen LogP contribution in [-0.2, 0) is 0 Å². The molecule has 0 bridgehead atoms. The quantitative estimate of drug-likeness (QED) is 0.901. The van der Waals surface area contributed by atoms with E-state index in [0.717, 1.165) is 12.4 Å². The van der Waals surface area contributed by atoms with Gasteiger partial charge in [0.1, 0.15) is 40.4 Å². The number of halogens is 2. The Morgan fingerprint density at radius 1 is 1.39 bits per heavy atom. The van der Waals surface area contributed by atoms with Crippen LogP contribution in [0.2, 0.25) is 5.02 Å². The zero-order valence-electron chi connectivity index (χ0n) is 8.89. The molecule has 5 nitrogen and oxygen atoms in total. The fourth-order valence-electron chi connectivity index (χ4n) is 1.24. The molecule has 90 valence electrons. The van der Waals surface area contributed by atoms with E-state index >= 15 is 0 Å². The zero-order valence-corrected chi connectivity index (χ0v) is 9.65. The summed E-state index contributed by atoms with van der Waals surface area (Å²) in [6.45, 7) is 0. The molecule has 0 unspecified atom stereocenters. The molecule has 1 aromatic carbocycles. The number of nitrogen functional groups attached to an aromatic ring is 1. The van der Waals surface area contributed by atoms with Crippen molar-refractivity contribution in [3.63, 3.8) is 0 Å². The number of nitriles is 1. The molecule has 2 rings (SSSR count). The van der Waals surface area contributed by atoms with E-state index in [1.54, 1.807) is 6.07 Å². The van der Waals surface area contributed by atoms with Crippen molar-refractivity contribution in [3.8, 4) is 17.7 Å². The first-order chi connectivity index (χ1) is 8.63. The van der Waals surface area contributed by atoms with Crippen molar-refractivity contribution in [1.82, 2.24) is 9.97 Å². The van der Waals surface area contributed by atoms with Crippen LogP contribution in [0.4, 0.5) is 10.2 Å². The molecule has 18 heavy (non-hydrogen) atoms. The fraction of sp³-hybridized carbons (Fsp3) is 0. The highest BCUT2D eigenvalue weighted by molar-refractivity contribution is 6.34. The van der Waals surface area contributed by atoms with Crippen LogP contribution >= 0.6 is 11.6 Å². The van der Waals surface area contributed by atoms with E-state index in [0.29, 0.717) is 0 Å². The first kappa shape index (κ1) is 12.1. The normalized spacial score (nSPS) is 9.83. The van der Waals surface area contributed by atoms with Gasteiger partial charge in [-0.05, 0) is 12.1 Å². The molecular formula is C11H6ClFN4O. The molecule has 1 aromatic heterocycles. The van der Waals surface area contributed by atoms with E-state index in [2.05, 4.69) is 9.97 Å². The van der Waals surface area contributed by atoms with Gasteiger partial charge in [-0.2, -0.15) is 10.2 Å². The van der Waals surface area contributed by atoms with Crippen LogP contribution in [0.15, 0.2) is 24.5 Å². The third-order valence-electron chi connectivity index (χ3n) is 2.08. The Morgan fingerprint density at radius 2 is 2.17 bits per heavy atom. The van der Waals surface area contributed by atoms with E-state index in [4.69, 9.17) is 27.3 Å². The topological polar surface area (TPSA) is 84.8 Å². The second-order valence-corrected chi connectivity index (χ2v) is 3.58. The van der Waals surface area contributed by atoms with Crippen LogP contribution in [0.5, 0.6) is 11.6 Å². The fourth-order valence-corrected chi connectivity index (χ4v) is 1.38. The molecule has 0 spiro atoms. The van der Waals surface area contributed by atoms with Crippen molar-refractivity contribution in [2.75, 3.05) is 5.73 Å². The summed E-state index contributed by atoms with van der Waals surface area (Å²) in [5.74, 6) is -0.673. The SMILES string of the molecule is N#Cc1c(F)cccc1Oc1ncnc(N)c1Cl. The van der Waals surface area contributed by atoms with Crippen molar-refractivity contribution < 1.29 is 9.13 Å². The molecular weight excluding hydrogens is 259 g/mol. The van der Waals surface area contributed by atoms with Gasteiger partial charge >= 0.3 is 0 Å². The molecule has 0 saturated heterocycles. The van der Waals surface area contributed by atoms with Crippen molar-refractivity contribution in [2.45, 2.75) is 0 Å². The minimum atomic E-state index is -0.687. The lowest BCUT2D eigenvalue weighted by molar-refractivity contribution is 0.455. The standard InChI is InChI=1S/C11H6ClFN4O/c12-9-10(15)16-5-17-11(9)18-8-3-1-2-7(13)6(8)4-14/h1-3,5H,(H2,15,16,17). The summed E-state index contributed by atoms with van der Waals surface area (Å²) >= 11 is 5.83. The van der Waals surface area contributed by atoms with Crippen LogP contribution in [0, 0.1) is 17.1 Å². The number of nitrogens with two attached hydrogens (primary N) is 1. The molecule has 0 radical (unpaired) electrons. The lowest BCUT2D eigenvalue weighted by Gasteiger charge is -2.08. The van der Waals surface area contributed by atoms with Gasteiger partial charge in [0.05, 0.1) is 0 Å². The molecule has 0 atom stereocenters. The molecule has 0 saturated carbocycles. The van der Waals surface area contributed by atoms with Crippen molar-refractivity contribution in [1.29, 1.82) is 5.26 Å². The molecule has 0 fully saturated rings. The van der Waals surface area contributed by atoms with Gasteiger partial charge in [-0.15, -0.1) is 0 Å². The number of rotatable bonds is 2.